The van der Waals surface area contributed by atoms with E-state index < -0.39 is 0 Å². The molecule has 3 nitrogen and oxygen atoms in total. The Morgan fingerprint density at radius 3 is 2.65 bits per heavy atom. The smallest absolute Gasteiger partial charge is 0.220 e. The van der Waals surface area contributed by atoms with Crippen LogP contribution in [0, 0.1) is 17.3 Å². The summed E-state index contributed by atoms with van der Waals surface area (Å²) in [5, 5.41) is 3.41. The van der Waals surface area contributed by atoms with Gasteiger partial charge in [0.05, 0.1) is 0 Å². The van der Waals surface area contributed by atoms with E-state index in [0.717, 1.165) is 25.3 Å². The molecule has 1 unspecified atom stereocenters. The van der Waals surface area contributed by atoms with Crippen LogP contribution >= 0.6 is 11.6 Å². The lowest BCUT2D eigenvalue weighted by Crippen LogP contribution is -2.57. The van der Waals surface area contributed by atoms with Crippen molar-refractivity contribution in [2.75, 3.05) is 25.5 Å². The molecule has 0 radical (unpaired) electrons. The first-order valence-electron chi connectivity index (χ1n) is 12.7. The fourth-order valence-corrected chi connectivity index (χ4v) is 8.30. The van der Waals surface area contributed by atoms with Crippen LogP contribution in [0.25, 0.3) is 0 Å². The summed E-state index contributed by atoms with van der Waals surface area (Å²) < 4.78 is 0. The number of rotatable bonds is 7. The van der Waals surface area contributed by atoms with Crippen molar-refractivity contribution < 1.29 is 4.79 Å². The second-order valence-corrected chi connectivity index (χ2v) is 11.6. The molecule has 0 spiro atoms. The maximum Gasteiger partial charge on any atom is 0.220 e. The molecule has 0 aromatic heterocycles. The second kappa shape index (κ2) is 9.06. The molecule has 4 bridgehead atoms. The molecule has 1 aromatic carbocycles. The van der Waals surface area contributed by atoms with Gasteiger partial charge in [-0.15, -0.1) is 11.6 Å². The van der Waals surface area contributed by atoms with Crippen molar-refractivity contribution in [3.63, 3.8) is 0 Å². The Morgan fingerprint density at radius 2 is 1.94 bits per heavy atom. The average Bonchev–Trinajstić information content (AvgIpc) is 2.79. The monoisotopic (exact) mass is 442 g/mol. The van der Waals surface area contributed by atoms with Crippen LogP contribution in [0.3, 0.4) is 0 Å². The van der Waals surface area contributed by atoms with Crippen LogP contribution in [0.1, 0.15) is 76.2 Å². The third-order valence-electron chi connectivity index (χ3n) is 9.27. The van der Waals surface area contributed by atoms with E-state index in [1.165, 1.54) is 70.0 Å². The molecular weight excluding hydrogens is 404 g/mol. The Kier molecular flexibility index (Phi) is 6.36. The molecule has 2 saturated carbocycles. The minimum atomic E-state index is 0.287. The molecule has 3 saturated heterocycles. The second-order valence-electron chi connectivity index (χ2n) is 11.2. The highest BCUT2D eigenvalue weighted by Crippen LogP contribution is 2.60. The largest absolute Gasteiger partial charge is 0.352 e. The van der Waals surface area contributed by atoms with Crippen molar-refractivity contribution in [3.8, 4) is 0 Å². The Morgan fingerprint density at radius 1 is 1.13 bits per heavy atom. The van der Waals surface area contributed by atoms with E-state index in [2.05, 4.69) is 40.5 Å². The number of amides is 1. The minimum Gasteiger partial charge on any atom is -0.352 e. The predicted molar refractivity (Wildman–Crippen MR) is 127 cm³/mol. The third kappa shape index (κ3) is 4.55. The van der Waals surface area contributed by atoms with E-state index in [1.807, 2.05) is 0 Å². The SMILES string of the molecule is O=C(CCC1C[C@@]2(CCCl)CCC[C@@](c3ccccc3)(C1)C2)N[C@@H]1CN2CCC1CC2. The van der Waals surface area contributed by atoms with Crippen LogP contribution in [0.2, 0.25) is 0 Å². The lowest BCUT2D eigenvalue weighted by atomic mass is 9.49. The fraction of sp³-hybridized carbons (Fsp3) is 0.741. The van der Waals surface area contributed by atoms with E-state index in [9.17, 15) is 4.79 Å². The number of hydrogen-bond acceptors (Lipinski definition) is 2. The summed E-state index contributed by atoms with van der Waals surface area (Å²) in [5.74, 6) is 2.39. The molecule has 4 atom stereocenters. The van der Waals surface area contributed by atoms with Crippen LogP contribution in [-0.2, 0) is 10.2 Å². The molecule has 6 rings (SSSR count). The number of piperidine rings is 3. The first-order chi connectivity index (χ1) is 15.1. The zero-order valence-electron chi connectivity index (χ0n) is 19.0. The van der Waals surface area contributed by atoms with Crippen molar-refractivity contribution in [3.05, 3.63) is 35.9 Å². The summed E-state index contributed by atoms with van der Waals surface area (Å²) in [6, 6.07) is 11.6. The van der Waals surface area contributed by atoms with Gasteiger partial charge in [0, 0.05) is 24.9 Å². The Bertz CT molecular complexity index is 758. The molecule has 31 heavy (non-hydrogen) atoms. The van der Waals surface area contributed by atoms with Crippen molar-refractivity contribution in [1.29, 1.82) is 0 Å². The topological polar surface area (TPSA) is 32.3 Å². The molecule has 5 fully saturated rings. The maximum absolute atomic E-state index is 12.9. The zero-order chi connectivity index (χ0) is 21.3. The normalized spacial score (nSPS) is 39.3. The van der Waals surface area contributed by atoms with Gasteiger partial charge in [0.15, 0.2) is 0 Å². The molecule has 170 valence electrons. The van der Waals surface area contributed by atoms with Crippen molar-refractivity contribution in [1.82, 2.24) is 10.2 Å². The van der Waals surface area contributed by atoms with Crippen molar-refractivity contribution in [2.45, 2.75) is 82.1 Å². The number of carbonyl (C=O) groups is 1. The number of fused-ring (bicyclic) bond motifs is 5. The summed E-state index contributed by atoms with van der Waals surface area (Å²) in [6.07, 6.45) is 13.1. The highest BCUT2D eigenvalue weighted by atomic mass is 35.5. The van der Waals surface area contributed by atoms with Gasteiger partial charge in [-0.05, 0) is 99.1 Å². The van der Waals surface area contributed by atoms with Crippen molar-refractivity contribution >= 4 is 17.5 Å². The van der Waals surface area contributed by atoms with E-state index in [0.29, 0.717) is 35.1 Å². The first-order valence-corrected chi connectivity index (χ1v) is 13.3. The van der Waals surface area contributed by atoms with E-state index in [-0.39, 0.29) is 5.91 Å². The Labute approximate surface area is 193 Å². The Balaban J connectivity index is 1.25. The highest BCUT2D eigenvalue weighted by Gasteiger charge is 2.51. The van der Waals surface area contributed by atoms with Crippen LogP contribution < -0.4 is 5.32 Å². The Hall–Kier alpha value is -1.06. The standard InChI is InChI=1S/C27H39ClN2O/c28-14-13-26-11-4-12-27(20-26,23-5-2-1-3-6-23)18-21(17-26)7-8-25(31)29-24-19-30-15-9-22(24)10-16-30/h1-3,5-6,21-22,24H,4,7-20H2,(H,29,31)/t21?,24-,26+,27-/m1/s1. The maximum atomic E-state index is 12.9. The van der Waals surface area contributed by atoms with Crippen LogP contribution in [-0.4, -0.2) is 42.4 Å². The molecule has 4 heteroatoms. The van der Waals surface area contributed by atoms with Crippen LogP contribution in [0.15, 0.2) is 30.3 Å². The molecule has 2 aliphatic carbocycles. The lowest BCUT2D eigenvalue weighted by molar-refractivity contribution is -0.123. The summed E-state index contributed by atoms with van der Waals surface area (Å²) in [4.78, 5) is 15.4. The van der Waals surface area contributed by atoms with Gasteiger partial charge in [-0.25, -0.2) is 0 Å². The quantitative estimate of drug-likeness (QED) is 0.564. The van der Waals surface area contributed by atoms with E-state index in [1.54, 1.807) is 0 Å². The van der Waals surface area contributed by atoms with Crippen LogP contribution in [0.5, 0.6) is 0 Å². The van der Waals surface area contributed by atoms with Crippen molar-refractivity contribution in [2.24, 2.45) is 17.3 Å². The summed E-state index contributed by atoms with van der Waals surface area (Å²) in [5.41, 5.74) is 2.20. The van der Waals surface area contributed by atoms with Gasteiger partial charge < -0.3 is 10.2 Å². The number of carbonyl (C=O) groups excluding carboxylic acids is 1. The minimum absolute atomic E-state index is 0.287. The van der Waals surface area contributed by atoms with Gasteiger partial charge in [-0.1, -0.05) is 36.8 Å². The lowest BCUT2D eigenvalue weighted by Gasteiger charge is -2.55. The predicted octanol–water partition coefficient (Wildman–Crippen LogP) is 5.51. The zero-order valence-corrected chi connectivity index (χ0v) is 19.7. The van der Waals surface area contributed by atoms with E-state index >= 15 is 0 Å². The molecule has 1 amide bonds. The molecular formula is C27H39ClN2O. The molecule has 5 aliphatic rings. The van der Waals surface area contributed by atoms with Gasteiger partial charge >= 0.3 is 0 Å². The number of hydrogen-bond donors (Lipinski definition) is 1. The van der Waals surface area contributed by atoms with Gasteiger partial charge in [0.25, 0.3) is 0 Å². The highest BCUT2D eigenvalue weighted by molar-refractivity contribution is 6.17. The number of halogens is 1. The van der Waals surface area contributed by atoms with Gasteiger partial charge in [-0.3, -0.25) is 4.79 Å². The van der Waals surface area contributed by atoms with Gasteiger partial charge in [-0.2, -0.15) is 0 Å². The summed E-state index contributed by atoms with van der Waals surface area (Å²) >= 11 is 6.31. The number of nitrogens with zero attached hydrogens (tertiary/aromatic N) is 1. The number of benzene rings is 1. The summed E-state index contributed by atoms with van der Waals surface area (Å²) in [6.45, 7) is 3.52. The summed E-state index contributed by atoms with van der Waals surface area (Å²) in [7, 11) is 0. The molecule has 1 N–H and O–H groups in total. The molecule has 3 aliphatic heterocycles. The average molecular weight is 443 g/mol. The number of alkyl halides is 1. The fourth-order valence-electron chi connectivity index (χ4n) is 7.90. The first kappa shape index (κ1) is 21.8. The molecule has 3 heterocycles. The van der Waals surface area contributed by atoms with Gasteiger partial charge in [0.2, 0.25) is 5.91 Å². The number of nitrogens with one attached hydrogen (secondary N) is 1. The molecule has 1 aromatic rings. The van der Waals surface area contributed by atoms with Crippen LogP contribution in [0.4, 0.5) is 0 Å². The van der Waals surface area contributed by atoms with Gasteiger partial charge in [0.1, 0.15) is 0 Å². The van der Waals surface area contributed by atoms with E-state index in [4.69, 9.17) is 11.6 Å². The third-order valence-corrected chi connectivity index (χ3v) is 9.46.